The minimum atomic E-state index is -0.115. The Morgan fingerprint density at radius 2 is 2.18 bits per heavy atom. The Bertz CT molecular complexity index is 422. The fourth-order valence-electron chi connectivity index (χ4n) is 3.23. The lowest BCUT2D eigenvalue weighted by molar-refractivity contribution is 0.236. The molecule has 0 bridgehead atoms. The summed E-state index contributed by atoms with van der Waals surface area (Å²) in [6.45, 7) is 4.26. The predicted octanol–water partition coefficient (Wildman–Crippen LogP) is 2.09. The minimum absolute atomic E-state index is 0.115. The van der Waals surface area contributed by atoms with Crippen LogP contribution in [0.2, 0.25) is 0 Å². The highest BCUT2D eigenvalue weighted by molar-refractivity contribution is 5.35. The van der Waals surface area contributed by atoms with Gasteiger partial charge in [0.1, 0.15) is 5.82 Å². The molecule has 1 aromatic carbocycles. The summed E-state index contributed by atoms with van der Waals surface area (Å²) in [6, 6.07) is 5.98. The third-order valence-corrected chi connectivity index (χ3v) is 4.29. The van der Waals surface area contributed by atoms with Crippen molar-refractivity contribution in [3.63, 3.8) is 0 Å². The molecule has 17 heavy (non-hydrogen) atoms. The molecule has 0 saturated carbocycles. The standard InChI is InChI=1S/C14H19FN2/c1-9-7-17(8-13(9)16)14-5-2-10-6-11(15)3-4-12(10)14/h3-4,6,9,13-14H,2,5,7-8,16H2,1H3. The molecule has 3 rings (SSSR count). The molecule has 2 N–H and O–H groups in total. The first-order valence-corrected chi connectivity index (χ1v) is 6.43. The molecular formula is C14H19FN2. The van der Waals surface area contributed by atoms with Crippen LogP contribution in [0.4, 0.5) is 4.39 Å². The van der Waals surface area contributed by atoms with E-state index < -0.39 is 0 Å². The lowest BCUT2D eigenvalue weighted by Gasteiger charge is -2.24. The van der Waals surface area contributed by atoms with Gasteiger partial charge in [-0.2, -0.15) is 0 Å². The third kappa shape index (κ3) is 1.87. The Morgan fingerprint density at radius 1 is 1.35 bits per heavy atom. The summed E-state index contributed by atoms with van der Waals surface area (Å²) in [5.41, 5.74) is 8.57. The number of nitrogens with zero attached hydrogens (tertiary/aromatic N) is 1. The SMILES string of the molecule is CC1CN(C2CCc3cc(F)ccc32)CC1N. The molecule has 0 amide bonds. The summed E-state index contributed by atoms with van der Waals surface area (Å²) in [4.78, 5) is 2.47. The van der Waals surface area contributed by atoms with Crippen LogP contribution in [0.3, 0.4) is 0 Å². The van der Waals surface area contributed by atoms with Gasteiger partial charge in [-0.1, -0.05) is 13.0 Å². The summed E-state index contributed by atoms with van der Waals surface area (Å²) in [5.74, 6) is 0.454. The number of halogens is 1. The van der Waals surface area contributed by atoms with Gasteiger partial charge in [-0.25, -0.2) is 4.39 Å². The van der Waals surface area contributed by atoms with Crippen LogP contribution in [-0.4, -0.2) is 24.0 Å². The first-order valence-electron chi connectivity index (χ1n) is 6.43. The van der Waals surface area contributed by atoms with Crippen LogP contribution in [0.1, 0.15) is 30.5 Å². The summed E-state index contributed by atoms with van der Waals surface area (Å²) in [7, 11) is 0. The zero-order valence-corrected chi connectivity index (χ0v) is 10.2. The Labute approximate surface area is 102 Å². The first kappa shape index (κ1) is 11.2. The molecule has 1 saturated heterocycles. The van der Waals surface area contributed by atoms with Crippen molar-refractivity contribution in [2.75, 3.05) is 13.1 Å². The highest BCUT2D eigenvalue weighted by atomic mass is 19.1. The van der Waals surface area contributed by atoms with E-state index in [1.165, 1.54) is 11.1 Å². The number of hydrogen-bond acceptors (Lipinski definition) is 2. The molecule has 0 aromatic heterocycles. The quantitative estimate of drug-likeness (QED) is 0.806. The Balaban J connectivity index is 1.84. The van der Waals surface area contributed by atoms with E-state index in [2.05, 4.69) is 11.8 Å². The average molecular weight is 234 g/mol. The van der Waals surface area contributed by atoms with Crippen molar-refractivity contribution in [1.29, 1.82) is 0 Å². The number of fused-ring (bicyclic) bond motifs is 1. The van der Waals surface area contributed by atoms with E-state index >= 15 is 0 Å². The maximum Gasteiger partial charge on any atom is 0.123 e. The van der Waals surface area contributed by atoms with E-state index in [0.29, 0.717) is 18.0 Å². The molecule has 3 atom stereocenters. The number of aryl methyl sites for hydroxylation is 1. The van der Waals surface area contributed by atoms with Crippen molar-refractivity contribution in [2.45, 2.75) is 31.8 Å². The maximum atomic E-state index is 13.2. The molecule has 2 nitrogen and oxygen atoms in total. The molecule has 0 spiro atoms. The van der Waals surface area contributed by atoms with E-state index in [1.807, 2.05) is 6.07 Å². The number of benzene rings is 1. The maximum absolute atomic E-state index is 13.2. The summed E-state index contributed by atoms with van der Waals surface area (Å²) < 4.78 is 13.2. The van der Waals surface area contributed by atoms with Crippen molar-refractivity contribution in [3.8, 4) is 0 Å². The van der Waals surface area contributed by atoms with Crippen molar-refractivity contribution < 1.29 is 4.39 Å². The highest BCUT2D eigenvalue weighted by Crippen LogP contribution is 2.38. The van der Waals surface area contributed by atoms with Crippen LogP contribution in [0, 0.1) is 11.7 Å². The van der Waals surface area contributed by atoms with Gasteiger partial charge >= 0.3 is 0 Å². The highest BCUT2D eigenvalue weighted by Gasteiger charge is 2.35. The largest absolute Gasteiger partial charge is 0.326 e. The lowest BCUT2D eigenvalue weighted by atomic mass is 10.1. The monoisotopic (exact) mass is 234 g/mol. The smallest absolute Gasteiger partial charge is 0.123 e. The summed E-state index contributed by atoms with van der Waals surface area (Å²) in [6.07, 6.45) is 2.11. The zero-order chi connectivity index (χ0) is 12.0. The van der Waals surface area contributed by atoms with Crippen LogP contribution in [-0.2, 0) is 6.42 Å². The zero-order valence-electron chi connectivity index (χ0n) is 10.2. The second-order valence-electron chi connectivity index (χ2n) is 5.49. The second kappa shape index (κ2) is 4.07. The molecule has 0 radical (unpaired) electrons. The Hall–Kier alpha value is -0.930. The number of nitrogens with two attached hydrogens (primary N) is 1. The van der Waals surface area contributed by atoms with Gasteiger partial charge in [-0.3, -0.25) is 4.90 Å². The van der Waals surface area contributed by atoms with Gasteiger partial charge in [-0.05, 0) is 42.0 Å². The normalized spacial score (nSPS) is 33.0. The second-order valence-corrected chi connectivity index (χ2v) is 5.49. The number of hydrogen-bond donors (Lipinski definition) is 1. The van der Waals surface area contributed by atoms with Crippen LogP contribution in [0.25, 0.3) is 0 Å². The van der Waals surface area contributed by atoms with E-state index in [0.717, 1.165) is 25.9 Å². The summed E-state index contributed by atoms with van der Waals surface area (Å²) in [5, 5.41) is 0. The van der Waals surface area contributed by atoms with Gasteiger partial charge in [0.25, 0.3) is 0 Å². The fourth-order valence-corrected chi connectivity index (χ4v) is 3.23. The van der Waals surface area contributed by atoms with Gasteiger partial charge in [0.2, 0.25) is 0 Å². The molecule has 1 aliphatic heterocycles. The summed E-state index contributed by atoms with van der Waals surface area (Å²) >= 11 is 0. The van der Waals surface area contributed by atoms with Crippen molar-refractivity contribution in [1.82, 2.24) is 4.90 Å². The van der Waals surface area contributed by atoms with Crippen molar-refractivity contribution in [3.05, 3.63) is 35.1 Å². The molecule has 1 aromatic rings. The lowest BCUT2D eigenvalue weighted by Crippen LogP contribution is -2.30. The topological polar surface area (TPSA) is 29.3 Å². The van der Waals surface area contributed by atoms with E-state index in [4.69, 9.17) is 5.73 Å². The number of likely N-dealkylation sites (tertiary alicyclic amines) is 1. The first-order chi connectivity index (χ1) is 8.15. The molecule has 3 heteroatoms. The fraction of sp³-hybridized carbons (Fsp3) is 0.571. The van der Waals surface area contributed by atoms with Crippen LogP contribution in [0.5, 0.6) is 0 Å². The van der Waals surface area contributed by atoms with Gasteiger partial charge in [0.05, 0.1) is 0 Å². The Kier molecular flexibility index (Phi) is 2.68. The molecule has 1 fully saturated rings. The van der Waals surface area contributed by atoms with Gasteiger partial charge in [0, 0.05) is 25.2 Å². The molecule has 3 unspecified atom stereocenters. The van der Waals surface area contributed by atoms with Crippen LogP contribution >= 0.6 is 0 Å². The van der Waals surface area contributed by atoms with Gasteiger partial charge in [0.15, 0.2) is 0 Å². The minimum Gasteiger partial charge on any atom is -0.326 e. The molecule has 1 heterocycles. The Morgan fingerprint density at radius 3 is 2.88 bits per heavy atom. The van der Waals surface area contributed by atoms with E-state index in [1.54, 1.807) is 12.1 Å². The van der Waals surface area contributed by atoms with E-state index in [9.17, 15) is 4.39 Å². The number of rotatable bonds is 1. The van der Waals surface area contributed by atoms with Crippen LogP contribution in [0.15, 0.2) is 18.2 Å². The third-order valence-electron chi connectivity index (χ3n) is 4.29. The predicted molar refractivity (Wildman–Crippen MR) is 66.2 cm³/mol. The van der Waals surface area contributed by atoms with Gasteiger partial charge < -0.3 is 5.73 Å². The molecule has 92 valence electrons. The molecule has 2 aliphatic rings. The van der Waals surface area contributed by atoms with Gasteiger partial charge in [-0.15, -0.1) is 0 Å². The van der Waals surface area contributed by atoms with Crippen molar-refractivity contribution >= 4 is 0 Å². The average Bonchev–Trinajstić information content (AvgIpc) is 2.83. The van der Waals surface area contributed by atoms with E-state index in [-0.39, 0.29) is 5.82 Å². The van der Waals surface area contributed by atoms with Crippen LogP contribution < -0.4 is 5.73 Å². The molecule has 1 aliphatic carbocycles. The van der Waals surface area contributed by atoms with Crippen molar-refractivity contribution in [2.24, 2.45) is 11.7 Å². The molecular weight excluding hydrogens is 215 g/mol.